The van der Waals surface area contributed by atoms with E-state index in [0.29, 0.717) is 35.3 Å². The fourth-order valence-corrected chi connectivity index (χ4v) is 2.33. The molecule has 0 aliphatic carbocycles. The number of carbonyl (C=O) groups excluding carboxylic acids is 1. The highest BCUT2D eigenvalue weighted by Gasteiger charge is 2.11. The largest absolute Gasteiger partial charge is 0.352 e. The summed E-state index contributed by atoms with van der Waals surface area (Å²) in [5.41, 5.74) is 6.07. The SMILES string of the molecule is CC(CN)CCCNC(=O)c1ccc(F)c2ccccc12. The number of halogens is 1. The summed E-state index contributed by atoms with van der Waals surface area (Å²) in [6.07, 6.45) is 1.88. The third kappa shape index (κ3) is 3.79. The maximum absolute atomic E-state index is 13.7. The maximum Gasteiger partial charge on any atom is 0.251 e. The van der Waals surface area contributed by atoms with Crippen LogP contribution < -0.4 is 11.1 Å². The molecule has 0 heterocycles. The first-order chi connectivity index (χ1) is 10.1. The van der Waals surface area contributed by atoms with Gasteiger partial charge in [-0.1, -0.05) is 31.2 Å². The van der Waals surface area contributed by atoms with Crippen LogP contribution in [0, 0.1) is 11.7 Å². The molecule has 0 bridgehead atoms. The first kappa shape index (κ1) is 15.4. The molecule has 1 atom stereocenters. The molecule has 0 fully saturated rings. The normalized spacial score (nSPS) is 12.3. The van der Waals surface area contributed by atoms with Gasteiger partial charge >= 0.3 is 0 Å². The van der Waals surface area contributed by atoms with Crippen molar-refractivity contribution in [2.75, 3.05) is 13.1 Å². The molecule has 0 saturated heterocycles. The van der Waals surface area contributed by atoms with Gasteiger partial charge in [-0.2, -0.15) is 0 Å². The minimum absolute atomic E-state index is 0.161. The van der Waals surface area contributed by atoms with Gasteiger partial charge in [-0.05, 0) is 42.8 Å². The molecule has 4 heteroatoms. The lowest BCUT2D eigenvalue weighted by atomic mass is 10.0. The van der Waals surface area contributed by atoms with Crippen molar-refractivity contribution >= 4 is 16.7 Å². The second-order valence-electron chi connectivity index (χ2n) is 5.38. The lowest BCUT2D eigenvalue weighted by molar-refractivity contribution is 0.0954. The van der Waals surface area contributed by atoms with E-state index in [2.05, 4.69) is 12.2 Å². The molecule has 0 saturated carbocycles. The Bertz CT molecular complexity index is 627. The van der Waals surface area contributed by atoms with Gasteiger partial charge in [0.2, 0.25) is 0 Å². The third-order valence-corrected chi connectivity index (χ3v) is 3.68. The number of benzene rings is 2. The van der Waals surface area contributed by atoms with Crippen molar-refractivity contribution in [3.8, 4) is 0 Å². The molecule has 3 nitrogen and oxygen atoms in total. The van der Waals surface area contributed by atoms with Gasteiger partial charge in [0, 0.05) is 17.5 Å². The summed E-state index contributed by atoms with van der Waals surface area (Å²) in [7, 11) is 0. The van der Waals surface area contributed by atoms with Crippen molar-refractivity contribution in [2.45, 2.75) is 19.8 Å². The fourth-order valence-electron chi connectivity index (χ4n) is 2.33. The van der Waals surface area contributed by atoms with Gasteiger partial charge in [0.15, 0.2) is 0 Å². The second kappa shape index (κ2) is 7.18. The molecule has 0 aliphatic heterocycles. The van der Waals surface area contributed by atoms with Crippen LogP contribution in [-0.4, -0.2) is 19.0 Å². The lowest BCUT2D eigenvalue weighted by Crippen LogP contribution is -2.25. The van der Waals surface area contributed by atoms with E-state index in [9.17, 15) is 9.18 Å². The Kier molecular flexibility index (Phi) is 5.28. The van der Waals surface area contributed by atoms with E-state index in [-0.39, 0.29) is 11.7 Å². The van der Waals surface area contributed by atoms with Gasteiger partial charge in [0.25, 0.3) is 5.91 Å². The predicted octanol–water partition coefficient (Wildman–Crippen LogP) is 3.08. The van der Waals surface area contributed by atoms with Gasteiger partial charge in [0.05, 0.1) is 0 Å². The number of nitrogens with one attached hydrogen (secondary N) is 1. The van der Waals surface area contributed by atoms with Crippen molar-refractivity contribution in [3.63, 3.8) is 0 Å². The zero-order chi connectivity index (χ0) is 15.2. The van der Waals surface area contributed by atoms with Gasteiger partial charge in [-0.25, -0.2) is 4.39 Å². The van der Waals surface area contributed by atoms with Gasteiger partial charge in [0.1, 0.15) is 5.82 Å². The van der Waals surface area contributed by atoms with Crippen molar-refractivity contribution in [1.29, 1.82) is 0 Å². The van der Waals surface area contributed by atoms with Crippen LogP contribution in [0.1, 0.15) is 30.1 Å². The van der Waals surface area contributed by atoms with E-state index in [4.69, 9.17) is 5.73 Å². The summed E-state index contributed by atoms with van der Waals surface area (Å²) in [5.74, 6) is -0.000856. The van der Waals surface area contributed by atoms with Gasteiger partial charge in [-0.3, -0.25) is 4.79 Å². The smallest absolute Gasteiger partial charge is 0.251 e. The van der Waals surface area contributed by atoms with E-state index < -0.39 is 0 Å². The highest BCUT2D eigenvalue weighted by molar-refractivity contribution is 6.07. The number of nitrogens with two attached hydrogens (primary N) is 1. The number of fused-ring (bicyclic) bond motifs is 1. The van der Waals surface area contributed by atoms with Gasteiger partial charge in [-0.15, -0.1) is 0 Å². The van der Waals surface area contributed by atoms with Crippen molar-refractivity contribution < 1.29 is 9.18 Å². The minimum atomic E-state index is -0.307. The zero-order valence-corrected chi connectivity index (χ0v) is 12.2. The highest BCUT2D eigenvalue weighted by Crippen LogP contribution is 2.21. The molecular weight excluding hydrogens is 267 g/mol. The van der Waals surface area contributed by atoms with Crippen LogP contribution in [0.25, 0.3) is 10.8 Å². The van der Waals surface area contributed by atoms with E-state index in [0.717, 1.165) is 12.8 Å². The lowest BCUT2D eigenvalue weighted by Gasteiger charge is -2.10. The topological polar surface area (TPSA) is 55.1 Å². The average molecular weight is 288 g/mol. The molecule has 1 unspecified atom stereocenters. The molecule has 2 aromatic rings. The molecule has 1 amide bonds. The van der Waals surface area contributed by atoms with E-state index >= 15 is 0 Å². The second-order valence-corrected chi connectivity index (χ2v) is 5.38. The fraction of sp³-hybridized carbons (Fsp3) is 0.353. The van der Waals surface area contributed by atoms with Crippen LogP contribution in [0.2, 0.25) is 0 Å². The molecule has 3 N–H and O–H groups in total. The standard InChI is InChI=1S/C17H21FN2O/c1-12(11-19)5-4-10-20-17(21)15-8-9-16(18)14-7-3-2-6-13(14)15/h2-3,6-9,12H,4-5,10-11,19H2,1H3,(H,20,21). The molecule has 2 aromatic carbocycles. The highest BCUT2D eigenvalue weighted by atomic mass is 19.1. The molecule has 2 rings (SSSR count). The quantitative estimate of drug-likeness (QED) is 0.803. The Morgan fingerprint density at radius 3 is 2.67 bits per heavy atom. The molecule has 0 aliphatic rings. The third-order valence-electron chi connectivity index (χ3n) is 3.68. The first-order valence-electron chi connectivity index (χ1n) is 7.29. The van der Waals surface area contributed by atoms with Crippen molar-refractivity contribution in [3.05, 3.63) is 47.8 Å². The van der Waals surface area contributed by atoms with Crippen LogP contribution in [0.3, 0.4) is 0 Å². The Hall–Kier alpha value is -1.94. The summed E-state index contributed by atoms with van der Waals surface area (Å²) in [4.78, 5) is 12.2. The number of hydrogen-bond donors (Lipinski definition) is 2. The van der Waals surface area contributed by atoms with Crippen LogP contribution in [0.15, 0.2) is 36.4 Å². The monoisotopic (exact) mass is 288 g/mol. The summed E-state index contributed by atoms with van der Waals surface area (Å²) >= 11 is 0. The molecule has 0 spiro atoms. The summed E-state index contributed by atoms with van der Waals surface area (Å²) < 4.78 is 13.7. The van der Waals surface area contributed by atoms with E-state index in [1.165, 1.54) is 12.1 Å². The average Bonchev–Trinajstić information content (AvgIpc) is 2.51. The van der Waals surface area contributed by atoms with E-state index in [1.807, 2.05) is 6.07 Å². The Morgan fingerprint density at radius 1 is 1.24 bits per heavy atom. The van der Waals surface area contributed by atoms with Crippen LogP contribution in [-0.2, 0) is 0 Å². The number of carbonyl (C=O) groups is 1. The summed E-state index contributed by atoms with van der Waals surface area (Å²) in [5, 5.41) is 4.01. The summed E-state index contributed by atoms with van der Waals surface area (Å²) in [6, 6.07) is 9.90. The Labute approximate surface area is 124 Å². The minimum Gasteiger partial charge on any atom is -0.352 e. The van der Waals surface area contributed by atoms with Crippen molar-refractivity contribution in [1.82, 2.24) is 5.32 Å². The van der Waals surface area contributed by atoms with Crippen LogP contribution >= 0.6 is 0 Å². The summed E-state index contributed by atoms with van der Waals surface area (Å²) in [6.45, 7) is 3.36. The molecular formula is C17H21FN2O. The molecule has 112 valence electrons. The Morgan fingerprint density at radius 2 is 1.95 bits per heavy atom. The molecule has 0 radical (unpaired) electrons. The number of rotatable bonds is 6. The molecule has 21 heavy (non-hydrogen) atoms. The maximum atomic E-state index is 13.7. The van der Waals surface area contributed by atoms with Crippen molar-refractivity contribution in [2.24, 2.45) is 11.7 Å². The van der Waals surface area contributed by atoms with Crippen LogP contribution in [0.5, 0.6) is 0 Å². The first-order valence-corrected chi connectivity index (χ1v) is 7.29. The van der Waals surface area contributed by atoms with Crippen LogP contribution in [0.4, 0.5) is 4.39 Å². The molecule has 0 aromatic heterocycles. The zero-order valence-electron chi connectivity index (χ0n) is 12.2. The number of hydrogen-bond acceptors (Lipinski definition) is 2. The Balaban J connectivity index is 2.05. The van der Waals surface area contributed by atoms with E-state index in [1.54, 1.807) is 18.2 Å². The predicted molar refractivity (Wildman–Crippen MR) is 83.7 cm³/mol. The number of amides is 1. The van der Waals surface area contributed by atoms with Gasteiger partial charge < -0.3 is 11.1 Å².